The second-order valence-electron chi connectivity index (χ2n) is 4.63. The number of ketones is 1. The molecule has 6 heteroatoms. The molecule has 17 heavy (non-hydrogen) atoms. The minimum atomic E-state index is -3.40. The van der Waals surface area contributed by atoms with E-state index in [0.29, 0.717) is 5.01 Å². The number of carbonyl (C=O) groups is 1. The fourth-order valence-electron chi connectivity index (χ4n) is 1.17. The SMILES string of the molecule is Cc1nc(CC(=O)C(C)(C)S(C)(=O)=O)sc1C. The summed E-state index contributed by atoms with van der Waals surface area (Å²) in [6.45, 7) is 6.69. The van der Waals surface area contributed by atoms with E-state index in [4.69, 9.17) is 0 Å². The maximum Gasteiger partial charge on any atom is 0.160 e. The van der Waals surface area contributed by atoms with E-state index in [1.165, 1.54) is 25.2 Å². The van der Waals surface area contributed by atoms with Gasteiger partial charge in [0.15, 0.2) is 15.6 Å². The zero-order valence-corrected chi connectivity index (χ0v) is 12.3. The Labute approximate surface area is 106 Å². The summed E-state index contributed by atoms with van der Waals surface area (Å²) in [6, 6.07) is 0. The van der Waals surface area contributed by atoms with Crippen molar-refractivity contribution in [2.24, 2.45) is 0 Å². The van der Waals surface area contributed by atoms with E-state index in [0.717, 1.165) is 16.8 Å². The quantitative estimate of drug-likeness (QED) is 0.839. The molecule has 0 radical (unpaired) electrons. The molecule has 0 spiro atoms. The van der Waals surface area contributed by atoms with Crippen LogP contribution in [0.3, 0.4) is 0 Å². The number of aryl methyl sites for hydroxylation is 2. The molecule has 0 atom stereocenters. The number of Topliss-reactive ketones (excluding diaryl/α,β-unsaturated/α-hetero) is 1. The lowest BCUT2D eigenvalue weighted by Gasteiger charge is -2.20. The van der Waals surface area contributed by atoms with Gasteiger partial charge in [0, 0.05) is 11.1 Å². The highest BCUT2D eigenvalue weighted by atomic mass is 32.2. The molecule has 0 aromatic carbocycles. The van der Waals surface area contributed by atoms with Gasteiger partial charge in [-0.3, -0.25) is 4.79 Å². The van der Waals surface area contributed by atoms with Crippen molar-refractivity contribution < 1.29 is 13.2 Å². The average molecular weight is 275 g/mol. The predicted octanol–water partition coefficient (Wildman–Crippen LogP) is 1.69. The van der Waals surface area contributed by atoms with Crippen LogP contribution in [0.1, 0.15) is 29.4 Å². The summed E-state index contributed by atoms with van der Waals surface area (Å²) in [6.07, 6.45) is 1.17. The second-order valence-corrected chi connectivity index (χ2v) is 8.48. The molecule has 0 aliphatic carbocycles. The number of aromatic nitrogens is 1. The molecule has 0 saturated carbocycles. The number of thiazole rings is 1. The van der Waals surface area contributed by atoms with Gasteiger partial charge >= 0.3 is 0 Å². The molecule has 0 bridgehead atoms. The summed E-state index contributed by atoms with van der Waals surface area (Å²) in [5.74, 6) is -0.311. The Morgan fingerprint density at radius 2 is 1.88 bits per heavy atom. The fraction of sp³-hybridized carbons (Fsp3) is 0.636. The van der Waals surface area contributed by atoms with Crippen molar-refractivity contribution in [1.82, 2.24) is 4.98 Å². The van der Waals surface area contributed by atoms with E-state index in [1.54, 1.807) is 0 Å². The van der Waals surface area contributed by atoms with Crippen molar-refractivity contribution in [1.29, 1.82) is 0 Å². The van der Waals surface area contributed by atoms with Crippen molar-refractivity contribution in [2.75, 3.05) is 6.26 Å². The third-order valence-electron chi connectivity index (χ3n) is 2.98. The molecule has 0 aliphatic rings. The maximum absolute atomic E-state index is 12.0. The molecular formula is C11H17NO3S2. The molecule has 4 nitrogen and oxygen atoms in total. The van der Waals surface area contributed by atoms with Gasteiger partial charge in [-0.25, -0.2) is 13.4 Å². The van der Waals surface area contributed by atoms with Crippen molar-refractivity contribution >= 4 is 27.0 Å². The van der Waals surface area contributed by atoms with Crippen LogP contribution in [0.4, 0.5) is 0 Å². The van der Waals surface area contributed by atoms with E-state index < -0.39 is 14.6 Å². The molecule has 1 rings (SSSR count). The van der Waals surface area contributed by atoms with Crippen LogP contribution in [0, 0.1) is 13.8 Å². The van der Waals surface area contributed by atoms with Crippen molar-refractivity contribution in [3.8, 4) is 0 Å². The summed E-state index contributed by atoms with van der Waals surface area (Å²) >= 11 is 1.44. The first-order valence-corrected chi connectivity index (χ1v) is 7.92. The number of sulfone groups is 1. The zero-order chi connectivity index (χ0) is 13.4. The van der Waals surface area contributed by atoms with Crippen LogP contribution in [0.2, 0.25) is 0 Å². The third-order valence-corrected chi connectivity index (χ3v) is 6.14. The minimum absolute atomic E-state index is 0.0828. The van der Waals surface area contributed by atoms with Crippen LogP contribution >= 0.6 is 11.3 Å². The summed E-state index contributed by atoms with van der Waals surface area (Å²) in [5, 5.41) is 0.682. The number of carbonyl (C=O) groups excluding carboxylic acids is 1. The largest absolute Gasteiger partial charge is 0.297 e. The lowest BCUT2D eigenvalue weighted by Crippen LogP contribution is -2.40. The topological polar surface area (TPSA) is 64.1 Å². The Hall–Kier alpha value is -0.750. The van der Waals surface area contributed by atoms with E-state index >= 15 is 0 Å². The molecule has 0 unspecified atom stereocenters. The molecule has 0 aliphatic heterocycles. The van der Waals surface area contributed by atoms with Crippen LogP contribution in [0.5, 0.6) is 0 Å². The summed E-state index contributed by atoms with van der Waals surface area (Å²) in [5.41, 5.74) is 0.898. The van der Waals surface area contributed by atoms with Crippen molar-refractivity contribution in [3.63, 3.8) is 0 Å². The standard InChI is InChI=1S/C11H17NO3S2/c1-7-8(2)16-10(12-7)6-9(13)11(3,4)17(5,14)15/h6H2,1-5H3. The lowest BCUT2D eigenvalue weighted by atomic mass is 10.1. The van der Waals surface area contributed by atoms with Crippen LogP contribution in [0.25, 0.3) is 0 Å². The Balaban J connectivity index is 2.94. The first kappa shape index (κ1) is 14.3. The van der Waals surface area contributed by atoms with E-state index in [1.807, 2.05) is 13.8 Å². The van der Waals surface area contributed by atoms with Gasteiger partial charge in [-0.1, -0.05) is 0 Å². The van der Waals surface area contributed by atoms with Gasteiger partial charge in [0.1, 0.15) is 9.75 Å². The van der Waals surface area contributed by atoms with Crippen LogP contribution in [0.15, 0.2) is 0 Å². The van der Waals surface area contributed by atoms with E-state index in [-0.39, 0.29) is 12.2 Å². The molecule has 0 amide bonds. The molecular weight excluding hydrogens is 258 g/mol. The molecule has 96 valence electrons. The summed E-state index contributed by atoms with van der Waals surface area (Å²) in [7, 11) is -3.40. The first-order valence-electron chi connectivity index (χ1n) is 5.21. The van der Waals surface area contributed by atoms with Crippen molar-refractivity contribution in [2.45, 2.75) is 38.9 Å². The lowest BCUT2D eigenvalue weighted by molar-refractivity contribution is -0.120. The van der Waals surface area contributed by atoms with Gasteiger partial charge in [0.05, 0.1) is 12.1 Å². The van der Waals surface area contributed by atoms with E-state index in [9.17, 15) is 13.2 Å². The Morgan fingerprint density at radius 3 is 2.24 bits per heavy atom. The Kier molecular flexibility index (Phi) is 3.78. The molecule has 1 aromatic rings. The smallest absolute Gasteiger partial charge is 0.160 e. The van der Waals surface area contributed by atoms with Crippen LogP contribution in [-0.2, 0) is 21.1 Å². The van der Waals surface area contributed by atoms with Gasteiger partial charge in [-0.15, -0.1) is 11.3 Å². The minimum Gasteiger partial charge on any atom is -0.297 e. The average Bonchev–Trinajstić information content (AvgIpc) is 2.43. The first-order chi connectivity index (χ1) is 7.55. The van der Waals surface area contributed by atoms with Gasteiger partial charge in [0.2, 0.25) is 0 Å². The maximum atomic E-state index is 12.0. The fourth-order valence-corrected chi connectivity index (χ4v) is 2.59. The highest BCUT2D eigenvalue weighted by molar-refractivity contribution is 7.92. The van der Waals surface area contributed by atoms with Gasteiger partial charge in [-0.2, -0.15) is 0 Å². The molecule has 0 fully saturated rings. The molecule has 1 heterocycles. The molecule has 0 N–H and O–H groups in total. The Morgan fingerprint density at radius 1 is 1.35 bits per heavy atom. The highest BCUT2D eigenvalue weighted by Gasteiger charge is 2.38. The molecule has 1 aromatic heterocycles. The van der Waals surface area contributed by atoms with E-state index in [2.05, 4.69) is 4.98 Å². The van der Waals surface area contributed by atoms with Gasteiger partial charge in [-0.05, 0) is 27.7 Å². The van der Waals surface area contributed by atoms with Crippen LogP contribution < -0.4 is 0 Å². The summed E-state index contributed by atoms with van der Waals surface area (Å²) < 4.78 is 21.7. The zero-order valence-electron chi connectivity index (χ0n) is 10.7. The van der Waals surface area contributed by atoms with Crippen LogP contribution in [-0.4, -0.2) is 30.2 Å². The third kappa shape index (κ3) is 2.93. The van der Waals surface area contributed by atoms with Crippen molar-refractivity contribution in [3.05, 3.63) is 15.6 Å². The summed E-state index contributed by atoms with van der Waals surface area (Å²) in [4.78, 5) is 17.3. The van der Waals surface area contributed by atoms with Gasteiger partial charge in [0.25, 0.3) is 0 Å². The highest BCUT2D eigenvalue weighted by Crippen LogP contribution is 2.22. The predicted molar refractivity (Wildman–Crippen MR) is 69.2 cm³/mol. The Bertz CT molecular complexity index is 522. The second kappa shape index (κ2) is 4.49. The number of hydrogen-bond donors (Lipinski definition) is 0. The number of hydrogen-bond acceptors (Lipinski definition) is 5. The van der Waals surface area contributed by atoms with Gasteiger partial charge < -0.3 is 0 Å². The molecule has 0 saturated heterocycles. The monoisotopic (exact) mass is 275 g/mol. The normalized spacial score (nSPS) is 12.8. The number of nitrogens with zero attached hydrogens (tertiary/aromatic N) is 1. The number of rotatable bonds is 4.